The molecule has 3 aromatic rings. The normalized spacial score (nSPS) is 11.8. The number of nitrogens with one attached hydrogen (secondary N) is 1. The number of carbonyl (C=O) groups is 2. The van der Waals surface area contributed by atoms with Crippen molar-refractivity contribution in [2.75, 3.05) is 5.32 Å². The molecule has 0 aliphatic rings. The molecular formula is C17H18N6O3S. The van der Waals surface area contributed by atoms with E-state index in [1.807, 2.05) is 17.5 Å². The van der Waals surface area contributed by atoms with Crippen LogP contribution in [0.15, 0.2) is 36.0 Å². The van der Waals surface area contributed by atoms with Gasteiger partial charge in [0.1, 0.15) is 12.9 Å². The first-order valence-corrected chi connectivity index (χ1v) is 9.19. The summed E-state index contributed by atoms with van der Waals surface area (Å²) < 4.78 is 6.30. The molecule has 3 rings (SSSR count). The van der Waals surface area contributed by atoms with Crippen LogP contribution < -0.4 is 5.32 Å². The summed E-state index contributed by atoms with van der Waals surface area (Å²) in [5, 5.41) is 15.4. The fourth-order valence-electron chi connectivity index (χ4n) is 2.25. The highest BCUT2D eigenvalue weighted by Crippen LogP contribution is 2.25. The van der Waals surface area contributed by atoms with Crippen molar-refractivity contribution in [2.45, 2.75) is 32.9 Å². The van der Waals surface area contributed by atoms with Gasteiger partial charge >= 0.3 is 5.97 Å². The monoisotopic (exact) mass is 386 g/mol. The second-order valence-electron chi connectivity index (χ2n) is 5.72. The van der Waals surface area contributed by atoms with E-state index in [9.17, 15) is 9.59 Å². The summed E-state index contributed by atoms with van der Waals surface area (Å²) in [6.07, 6.45) is 1.30. The first-order chi connectivity index (χ1) is 13.0. The van der Waals surface area contributed by atoms with Crippen molar-refractivity contribution < 1.29 is 14.3 Å². The lowest BCUT2D eigenvalue weighted by molar-refractivity contribution is -0.153. The molecule has 1 N–H and O–H groups in total. The molecule has 10 heteroatoms. The molecule has 27 heavy (non-hydrogen) atoms. The highest BCUT2D eigenvalue weighted by atomic mass is 32.1. The summed E-state index contributed by atoms with van der Waals surface area (Å²) in [5.74, 6) is -1.07. The Kier molecular flexibility index (Phi) is 5.87. The number of amides is 1. The van der Waals surface area contributed by atoms with Crippen molar-refractivity contribution in [1.29, 1.82) is 0 Å². The first kappa shape index (κ1) is 18.6. The molecule has 1 amide bonds. The van der Waals surface area contributed by atoms with E-state index in [4.69, 9.17) is 4.74 Å². The van der Waals surface area contributed by atoms with Gasteiger partial charge in [-0.3, -0.25) is 14.9 Å². The quantitative estimate of drug-likeness (QED) is 0.617. The standard InChI is InChI=1S/C17H18N6O3S/c1-3-12-4-6-13(7-5-12)14-9-27-17(19-14)20-16(25)11(2)26-15(24)8-23-10-18-21-22-23/h4-7,9-11H,3,8H2,1-2H3,(H,19,20,25)/t11-/m0/s1. The van der Waals surface area contributed by atoms with Crippen LogP contribution in [0.1, 0.15) is 19.4 Å². The summed E-state index contributed by atoms with van der Waals surface area (Å²) in [4.78, 5) is 28.4. The molecule has 0 spiro atoms. The minimum Gasteiger partial charge on any atom is -0.451 e. The van der Waals surface area contributed by atoms with Gasteiger partial charge in [0, 0.05) is 10.9 Å². The molecular weight excluding hydrogens is 368 g/mol. The summed E-state index contributed by atoms with van der Waals surface area (Å²) in [5.41, 5.74) is 3.01. The third-order valence-electron chi connectivity index (χ3n) is 3.75. The third kappa shape index (κ3) is 4.94. The van der Waals surface area contributed by atoms with E-state index < -0.39 is 18.0 Å². The van der Waals surface area contributed by atoms with Crippen molar-refractivity contribution in [2.24, 2.45) is 0 Å². The van der Waals surface area contributed by atoms with Crippen molar-refractivity contribution in [3.8, 4) is 11.3 Å². The smallest absolute Gasteiger partial charge is 0.328 e. The average molecular weight is 386 g/mol. The molecule has 0 fully saturated rings. The topological polar surface area (TPSA) is 112 Å². The Morgan fingerprint density at radius 2 is 2.07 bits per heavy atom. The SMILES string of the molecule is CCc1ccc(-c2csc(NC(=O)[C@H](C)OC(=O)Cn3cnnn3)n2)cc1. The van der Waals surface area contributed by atoms with Crippen LogP contribution >= 0.6 is 11.3 Å². The van der Waals surface area contributed by atoms with E-state index >= 15 is 0 Å². The number of tetrazole rings is 1. The zero-order valence-corrected chi connectivity index (χ0v) is 15.6. The summed E-state index contributed by atoms with van der Waals surface area (Å²) in [7, 11) is 0. The van der Waals surface area contributed by atoms with E-state index in [0.717, 1.165) is 17.7 Å². The molecule has 140 valence electrons. The molecule has 0 aliphatic carbocycles. The van der Waals surface area contributed by atoms with Gasteiger partial charge in [-0.25, -0.2) is 9.67 Å². The van der Waals surface area contributed by atoms with Crippen LogP contribution in [0.4, 0.5) is 5.13 Å². The Bertz CT molecular complexity index is 907. The molecule has 0 aliphatic heterocycles. The lowest BCUT2D eigenvalue weighted by Gasteiger charge is -2.12. The second-order valence-corrected chi connectivity index (χ2v) is 6.58. The number of hydrogen-bond acceptors (Lipinski definition) is 8. The van der Waals surface area contributed by atoms with Crippen LogP contribution in [-0.2, 0) is 27.3 Å². The van der Waals surface area contributed by atoms with Crippen LogP contribution in [0.3, 0.4) is 0 Å². The zero-order valence-electron chi connectivity index (χ0n) is 14.8. The maximum atomic E-state index is 12.2. The lowest BCUT2D eigenvalue weighted by atomic mass is 10.1. The van der Waals surface area contributed by atoms with Crippen LogP contribution in [-0.4, -0.2) is 43.2 Å². The Balaban J connectivity index is 1.55. The number of carbonyl (C=O) groups excluding carboxylic acids is 2. The summed E-state index contributed by atoms with van der Waals surface area (Å²) in [6, 6.07) is 8.12. The van der Waals surface area contributed by atoms with Crippen LogP contribution in [0, 0.1) is 0 Å². The van der Waals surface area contributed by atoms with Gasteiger partial charge in [0.15, 0.2) is 11.2 Å². The molecule has 9 nitrogen and oxygen atoms in total. The number of thiazole rings is 1. The van der Waals surface area contributed by atoms with Gasteiger partial charge in [0.05, 0.1) is 5.69 Å². The number of anilines is 1. The third-order valence-corrected chi connectivity index (χ3v) is 4.51. The van der Waals surface area contributed by atoms with Gasteiger partial charge in [0.2, 0.25) is 0 Å². The number of nitrogens with zero attached hydrogens (tertiary/aromatic N) is 5. The molecule has 0 bridgehead atoms. The molecule has 0 unspecified atom stereocenters. The van der Waals surface area contributed by atoms with E-state index in [-0.39, 0.29) is 6.54 Å². The maximum Gasteiger partial charge on any atom is 0.328 e. The number of hydrogen-bond donors (Lipinski definition) is 1. The zero-order chi connectivity index (χ0) is 19.2. The number of esters is 1. The minimum absolute atomic E-state index is 0.167. The largest absolute Gasteiger partial charge is 0.451 e. The first-order valence-electron chi connectivity index (χ1n) is 8.31. The number of aryl methyl sites for hydroxylation is 1. The van der Waals surface area contributed by atoms with Crippen LogP contribution in [0.2, 0.25) is 0 Å². The van der Waals surface area contributed by atoms with Crippen molar-refractivity contribution in [3.05, 3.63) is 41.5 Å². The van der Waals surface area contributed by atoms with Crippen LogP contribution in [0.25, 0.3) is 11.3 Å². The van der Waals surface area contributed by atoms with Gasteiger partial charge in [-0.15, -0.1) is 16.4 Å². The van der Waals surface area contributed by atoms with E-state index in [1.165, 1.54) is 34.8 Å². The number of ether oxygens (including phenoxy) is 1. The Morgan fingerprint density at radius 1 is 1.30 bits per heavy atom. The summed E-state index contributed by atoms with van der Waals surface area (Å²) >= 11 is 1.31. The highest BCUT2D eigenvalue weighted by molar-refractivity contribution is 7.14. The molecule has 2 heterocycles. The summed E-state index contributed by atoms with van der Waals surface area (Å²) in [6.45, 7) is 3.42. The molecule has 0 saturated heterocycles. The second kappa shape index (κ2) is 8.49. The Labute approximate surface area is 159 Å². The van der Waals surface area contributed by atoms with Crippen molar-refractivity contribution >= 4 is 28.3 Å². The molecule has 2 aromatic heterocycles. The van der Waals surface area contributed by atoms with Gasteiger partial charge in [-0.2, -0.15) is 0 Å². The molecule has 1 aromatic carbocycles. The maximum absolute atomic E-state index is 12.2. The minimum atomic E-state index is -0.967. The van der Waals surface area contributed by atoms with E-state index in [0.29, 0.717) is 5.13 Å². The predicted molar refractivity (Wildman–Crippen MR) is 98.9 cm³/mol. The fourth-order valence-corrected chi connectivity index (χ4v) is 2.98. The van der Waals surface area contributed by atoms with E-state index in [1.54, 1.807) is 0 Å². The van der Waals surface area contributed by atoms with Gasteiger partial charge in [0.25, 0.3) is 5.91 Å². The number of aromatic nitrogens is 5. The van der Waals surface area contributed by atoms with Gasteiger partial charge in [-0.1, -0.05) is 31.2 Å². The Hall–Kier alpha value is -3.14. The van der Waals surface area contributed by atoms with Crippen molar-refractivity contribution in [3.63, 3.8) is 0 Å². The van der Waals surface area contributed by atoms with Gasteiger partial charge in [-0.05, 0) is 29.3 Å². The number of rotatable bonds is 7. The molecule has 0 radical (unpaired) electrons. The van der Waals surface area contributed by atoms with Crippen LogP contribution in [0.5, 0.6) is 0 Å². The molecule has 1 atom stereocenters. The van der Waals surface area contributed by atoms with Crippen molar-refractivity contribution in [1.82, 2.24) is 25.2 Å². The highest BCUT2D eigenvalue weighted by Gasteiger charge is 2.19. The Morgan fingerprint density at radius 3 is 2.74 bits per heavy atom. The fraction of sp³-hybridized carbons (Fsp3) is 0.294. The predicted octanol–water partition coefficient (Wildman–Crippen LogP) is 1.93. The molecule has 0 saturated carbocycles. The average Bonchev–Trinajstić information content (AvgIpc) is 3.33. The van der Waals surface area contributed by atoms with E-state index in [2.05, 4.69) is 44.9 Å². The number of benzene rings is 1. The lowest BCUT2D eigenvalue weighted by Crippen LogP contribution is -2.31. The van der Waals surface area contributed by atoms with Gasteiger partial charge < -0.3 is 4.74 Å².